The first-order valence-corrected chi connectivity index (χ1v) is 6.93. The number of hydrogen-bond acceptors (Lipinski definition) is 4. The number of aliphatic carboxylic acids is 1. The fourth-order valence-corrected chi connectivity index (χ4v) is 2.96. The number of nitrogens with zero attached hydrogens (tertiary/aromatic N) is 4. The summed E-state index contributed by atoms with van der Waals surface area (Å²) < 4.78 is 1.76. The molecule has 20 heavy (non-hydrogen) atoms. The Kier molecular flexibility index (Phi) is 4.28. The number of nitriles is 1. The number of carboxylic acid groups (broad SMARTS) is 1. The molecule has 6 heteroatoms. The van der Waals surface area contributed by atoms with Crippen LogP contribution in [0, 0.1) is 24.2 Å². The van der Waals surface area contributed by atoms with Crippen molar-refractivity contribution in [2.75, 3.05) is 18.0 Å². The third-order valence-electron chi connectivity index (χ3n) is 3.89. The summed E-state index contributed by atoms with van der Waals surface area (Å²) in [7, 11) is 1.85. The smallest absolute Gasteiger partial charge is 0.303 e. The molecule has 0 aromatic carbocycles. The highest BCUT2D eigenvalue weighted by Crippen LogP contribution is 2.29. The first kappa shape index (κ1) is 14.4. The SMILES string of the molecule is Cc1nn(C)c(N2CCCC(CCC(=O)O)C2)c1C#N. The largest absolute Gasteiger partial charge is 0.481 e. The van der Waals surface area contributed by atoms with Gasteiger partial charge in [0.2, 0.25) is 0 Å². The van der Waals surface area contributed by atoms with Crippen LogP contribution >= 0.6 is 0 Å². The second kappa shape index (κ2) is 5.95. The molecule has 1 N–H and O–H groups in total. The summed E-state index contributed by atoms with van der Waals surface area (Å²) in [6, 6.07) is 2.23. The van der Waals surface area contributed by atoms with E-state index < -0.39 is 5.97 Å². The van der Waals surface area contributed by atoms with E-state index in [1.165, 1.54) is 0 Å². The van der Waals surface area contributed by atoms with Gasteiger partial charge in [-0.2, -0.15) is 10.4 Å². The Morgan fingerprint density at radius 2 is 2.35 bits per heavy atom. The molecular weight excluding hydrogens is 256 g/mol. The van der Waals surface area contributed by atoms with E-state index in [-0.39, 0.29) is 6.42 Å². The quantitative estimate of drug-likeness (QED) is 0.904. The minimum absolute atomic E-state index is 0.216. The Balaban J connectivity index is 2.13. The normalized spacial score (nSPS) is 18.9. The first-order chi connectivity index (χ1) is 9.52. The third kappa shape index (κ3) is 2.93. The highest BCUT2D eigenvalue weighted by atomic mass is 16.4. The van der Waals surface area contributed by atoms with Crippen LogP contribution in [0.5, 0.6) is 0 Å². The Bertz CT molecular complexity index is 544. The van der Waals surface area contributed by atoms with Crippen molar-refractivity contribution < 1.29 is 9.90 Å². The maximum absolute atomic E-state index is 10.7. The van der Waals surface area contributed by atoms with Gasteiger partial charge in [-0.3, -0.25) is 9.48 Å². The van der Waals surface area contributed by atoms with E-state index in [2.05, 4.69) is 16.1 Å². The number of anilines is 1. The lowest BCUT2D eigenvalue weighted by atomic mass is 9.93. The average Bonchev–Trinajstić information content (AvgIpc) is 2.70. The Morgan fingerprint density at radius 1 is 1.60 bits per heavy atom. The molecule has 0 aliphatic carbocycles. The topological polar surface area (TPSA) is 82.2 Å². The molecule has 108 valence electrons. The van der Waals surface area contributed by atoms with Gasteiger partial charge in [0.05, 0.1) is 5.69 Å². The monoisotopic (exact) mass is 276 g/mol. The predicted molar refractivity (Wildman–Crippen MR) is 74.5 cm³/mol. The second-order valence-electron chi connectivity index (χ2n) is 5.41. The number of carbonyl (C=O) groups is 1. The number of piperidine rings is 1. The summed E-state index contributed by atoms with van der Waals surface area (Å²) in [6.07, 6.45) is 3.00. The van der Waals surface area contributed by atoms with E-state index in [0.29, 0.717) is 17.9 Å². The average molecular weight is 276 g/mol. The highest BCUT2D eigenvalue weighted by molar-refractivity contribution is 5.66. The first-order valence-electron chi connectivity index (χ1n) is 6.93. The van der Waals surface area contributed by atoms with Crippen molar-refractivity contribution in [1.82, 2.24) is 9.78 Å². The van der Waals surface area contributed by atoms with Gasteiger partial charge in [0.25, 0.3) is 0 Å². The Morgan fingerprint density at radius 3 is 3.00 bits per heavy atom. The summed E-state index contributed by atoms with van der Waals surface area (Å²) >= 11 is 0. The summed E-state index contributed by atoms with van der Waals surface area (Å²) in [5.41, 5.74) is 1.38. The van der Waals surface area contributed by atoms with Crippen LogP contribution in [-0.4, -0.2) is 33.9 Å². The zero-order chi connectivity index (χ0) is 14.7. The van der Waals surface area contributed by atoms with Gasteiger partial charge in [-0.05, 0) is 32.1 Å². The van der Waals surface area contributed by atoms with Crippen LogP contribution in [0.4, 0.5) is 5.82 Å². The minimum Gasteiger partial charge on any atom is -0.481 e. The van der Waals surface area contributed by atoms with Gasteiger partial charge < -0.3 is 10.0 Å². The summed E-state index contributed by atoms with van der Waals surface area (Å²) in [5, 5.41) is 22.4. The van der Waals surface area contributed by atoms with E-state index in [4.69, 9.17) is 5.11 Å². The molecular formula is C14H20N4O2. The molecule has 2 heterocycles. The molecule has 0 spiro atoms. The molecule has 1 aliphatic rings. The molecule has 1 atom stereocenters. The molecule has 1 aliphatic heterocycles. The van der Waals surface area contributed by atoms with Crippen LogP contribution < -0.4 is 4.90 Å². The number of aryl methyl sites for hydroxylation is 2. The molecule has 0 amide bonds. The summed E-state index contributed by atoms with van der Waals surface area (Å²) in [5.74, 6) is 0.503. The van der Waals surface area contributed by atoms with Gasteiger partial charge >= 0.3 is 5.97 Å². The van der Waals surface area contributed by atoms with Crippen molar-refractivity contribution in [2.24, 2.45) is 13.0 Å². The molecule has 6 nitrogen and oxygen atoms in total. The number of aromatic nitrogens is 2. The maximum atomic E-state index is 10.7. The van der Waals surface area contributed by atoms with Crippen molar-refractivity contribution in [3.8, 4) is 6.07 Å². The van der Waals surface area contributed by atoms with Gasteiger partial charge in [0, 0.05) is 26.6 Å². The van der Waals surface area contributed by atoms with E-state index >= 15 is 0 Å². The zero-order valence-electron chi connectivity index (χ0n) is 12.0. The van der Waals surface area contributed by atoms with Crippen LogP contribution in [-0.2, 0) is 11.8 Å². The van der Waals surface area contributed by atoms with Crippen molar-refractivity contribution >= 4 is 11.8 Å². The molecule has 1 unspecified atom stereocenters. The van der Waals surface area contributed by atoms with Crippen LogP contribution in [0.15, 0.2) is 0 Å². The van der Waals surface area contributed by atoms with Gasteiger partial charge in [-0.15, -0.1) is 0 Å². The van der Waals surface area contributed by atoms with E-state index in [1.54, 1.807) is 4.68 Å². The second-order valence-corrected chi connectivity index (χ2v) is 5.41. The van der Waals surface area contributed by atoms with Gasteiger partial charge in [-0.1, -0.05) is 0 Å². The molecule has 0 saturated carbocycles. The van der Waals surface area contributed by atoms with Crippen LogP contribution in [0.1, 0.15) is 36.9 Å². The van der Waals surface area contributed by atoms with Gasteiger partial charge in [-0.25, -0.2) is 0 Å². The Hall–Kier alpha value is -2.03. The molecule has 1 fully saturated rings. The summed E-state index contributed by atoms with van der Waals surface area (Å²) in [6.45, 7) is 3.55. The van der Waals surface area contributed by atoms with Gasteiger partial charge in [0.1, 0.15) is 17.5 Å². The number of carboxylic acids is 1. The molecule has 2 rings (SSSR count). The molecule has 0 bridgehead atoms. The lowest BCUT2D eigenvalue weighted by molar-refractivity contribution is -0.137. The fraction of sp³-hybridized carbons (Fsp3) is 0.643. The van der Waals surface area contributed by atoms with Crippen molar-refractivity contribution in [1.29, 1.82) is 5.26 Å². The minimum atomic E-state index is -0.740. The van der Waals surface area contributed by atoms with Crippen molar-refractivity contribution in [2.45, 2.75) is 32.6 Å². The summed E-state index contributed by atoms with van der Waals surface area (Å²) in [4.78, 5) is 12.9. The van der Waals surface area contributed by atoms with Gasteiger partial charge in [0.15, 0.2) is 0 Å². The molecule has 1 aromatic heterocycles. The van der Waals surface area contributed by atoms with Crippen LogP contribution in [0.25, 0.3) is 0 Å². The zero-order valence-corrected chi connectivity index (χ0v) is 12.0. The standard InChI is InChI=1S/C14H20N4O2/c1-10-12(8-15)14(17(2)16-10)18-7-3-4-11(9-18)5-6-13(19)20/h11H,3-7,9H2,1-2H3,(H,19,20). The third-order valence-corrected chi connectivity index (χ3v) is 3.89. The lowest BCUT2D eigenvalue weighted by Gasteiger charge is -2.34. The van der Waals surface area contributed by atoms with Crippen molar-refractivity contribution in [3.63, 3.8) is 0 Å². The maximum Gasteiger partial charge on any atom is 0.303 e. The molecule has 0 radical (unpaired) electrons. The van der Waals surface area contributed by atoms with E-state index in [0.717, 1.165) is 37.4 Å². The van der Waals surface area contributed by atoms with Crippen molar-refractivity contribution in [3.05, 3.63) is 11.3 Å². The van der Waals surface area contributed by atoms with E-state index in [9.17, 15) is 10.1 Å². The predicted octanol–water partition coefficient (Wildman–Crippen LogP) is 1.68. The Labute approximate surface area is 118 Å². The number of hydrogen-bond donors (Lipinski definition) is 1. The van der Waals surface area contributed by atoms with E-state index in [1.807, 2.05) is 14.0 Å². The highest BCUT2D eigenvalue weighted by Gasteiger charge is 2.25. The molecule has 1 aromatic rings. The fourth-order valence-electron chi connectivity index (χ4n) is 2.96. The lowest BCUT2D eigenvalue weighted by Crippen LogP contribution is -2.37. The number of rotatable bonds is 4. The molecule has 1 saturated heterocycles. The van der Waals surface area contributed by atoms with Crippen LogP contribution in [0.2, 0.25) is 0 Å². The van der Waals surface area contributed by atoms with Crippen LogP contribution in [0.3, 0.4) is 0 Å².